The van der Waals surface area contributed by atoms with Gasteiger partial charge in [0, 0.05) is 37.3 Å². The summed E-state index contributed by atoms with van der Waals surface area (Å²) in [5.41, 5.74) is 2.07. The van der Waals surface area contributed by atoms with E-state index in [4.69, 9.17) is 0 Å². The minimum Gasteiger partial charge on any atom is -0.391 e. The van der Waals surface area contributed by atoms with E-state index in [1.54, 1.807) is 29.2 Å². The first-order chi connectivity index (χ1) is 13.5. The Labute approximate surface area is 163 Å². The van der Waals surface area contributed by atoms with Gasteiger partial charge in [-0.05, 0) is 30.2 Å². The molecule has 1 fully saturated rings. The first-order valence-corrected chi connectivity index (χ1v) is 9.24. The Bertz CT molecular complexity index is 854. The number of nitrogens with one attached hydrogen (secondary N) is 2. The molecule has 0 radical (unpaired) electrons. The molecule has 7 heteroatoms. The lowest BCUT2D eigenvalue weighted by atomic mass is 10.1. The summed E-state index contributed by atoms with van der Waals surface area (Å²) in [7, 11) is 0. The van der Waals surface area contributed by atoms with E-state index in [1.165, 1.54) is 0 Å². The molecule has 0 bridgehead atoms. The summed E-state index contributed by atoms with van der Waals surface area (Å²) in [5, 5.41) is 15.0. The van der Waals surface area contributed by atoms with Crippen LogP contribution in [0.1, 0.15) is 18.4 Å². The van der Waals surface area contributed by atoms with E-state index in [9.17, 15) is 19.5 Å². The zero-order valence-corrected chi connectivity index (χ0v) is 15.4. The molecular formula is C21H23N3O4. The van der Waals surface area contributed by atoms with E-state index in [0.717, 1.165) is 12.0 Å². The Hall–Kier alpha value is -3.19. The molecule has 1 aliphatic heterocycles. The molecule has 1 saturated heterocycles. The maximum absolute atomic E-state index is 12.1. The van der Waals surface area contributed by atoms with Crippen LogP contribution >= 0.6 is 0 Å². The number of benzene rings is 2. The van der Waals surface area contributed by atoms with Gasteiger partial charge in [-0.1, -0.05) is 36.4 Å². The fourth-order valence-electron chi connectivity index (χ4n) is 3.11. The summed E-state index contributed by atoms with van der Waals surface area (Å²) in [4.78, 5) is 37.6. The van der Waals surface area contributed by atoms with Crippen molar-refractivity contribution in [3.8, 4) is 0 Å². The fourth-order valence-corrected chi connectivity index (χ4v) is 3.11. The van der Waals surface area contributed by atoms with Gasteiger partial charge in [-0.15, -0.1) is 0 Å². The van der Waals surface area contributed by atoms with E-state index in [-0.39, 0.29) is 12.5 Å². The highest BCUT2D eigenvalue weighted by molar-refractivity contribution is 6.39. The van der Waals surface area contributed by atoms with Gasteiger partial charge in [-0.2, -0.15) is 0 Å². The quantitative estimate of drug-likeness (QED) is 0.660. The van der Waals surface area contributed by atoms with E-state index >= 15 is 0 Å². The molecule has 146 valence electrons. The van der Waals surface area contributed by atoms with Gasteiger partial charge < -0.3 is 20.6 Å². The summed E-state index contributed by atoms with van der Waals surface area (Å²) in [6.45, 7) is 0.624. The Morgan fingerprint density at radius 3 is 2.57 bits per heavy atom. The maximum atomic E-state index is 12.1. The number of anilines is 2. The highest BCUT2D eigenvalue weighted by Crippen LogP contribution is 2.24. The Morgan fingerprint density at radius 2 is 1.86 bits per heavy atom. The monoisotopic (exact) mass is 381 g/mol. The molecule has 28 heavy (non-hydrogen) atoms. The second-order valence-electron chi connectivity index (χ2n) is 6.71. The molecule has 0 saturated carbocycles. The standard InChI is InChI=1S/C21H23N3O4/c25-18(12-15-6-2-1-3-7-15)14-22-20(27)21(28)23-16-8-4-9-17(13-16)24-11-5-10-19(24)26/h1-4,6-9,13,18,25H,5,10-12,14H2,(H,22,27)(H,23,28). The van der Waals surface area contributed by atoms with Crippen molar-refractivity contribution in [1.82, 2.24) is 5.32 Å². The van der Waals surface area contributed by atoms with Crippen LogP contribution in [-0.2, 0) is 20.8 Å². The van der Waals surface area contributed by atoms with Gasteiger partial charge in [0.05, 0.1) is 6.10 Å². The van der Waals surface area contributed by atoms with Crippen molar-refractivity contribution < 1.29 is 19.5 Å². The number of nitrogens with zero attached hydrogens (tertiary/aromatic N) is 1. The van der Waals surface area contributed by atoms with Gasteiger partial charge in [0.25, 0.3) is 0 Å². The van der Waals surface area contributed by atoms with Gasteiger partial charge >= 0.3 is 11.8 Å². The molecule has 1 aliphatic rings. The van der Waals surface area contributed by atoms with E-state index < -0.39 is 17.9 Å². The maximum Gasteiger partial charge on any atom is 0.313 e. The van der Waals surface area contributed by atoms with Gasteiger partial charge in [0.15, 0.2) is 0 Å². The molecule has 0 spiro atoms. The zero-order chi connectivity index (χ0) is 19.9. The lowest BCUT2D eigenvalue weighted by molar-refractivity contribution is -0.136. The van der Waals surface area contributed by atoms with Crippen LogP contribution < -0.4 is 15.5 Å². The highest BCUT2D eigenvalue weighted by atomic mass is 16.3. The smallest absolute Gasteiger partial charge is 0.313 e. The lowest BCUT2D eigenvalue weighted by Gasteiger charge is -2.17. The number of amides is 3. The van der Waals surface area contributed by atoms with Gasteiger partial charge in [-0.25, -0.2) is 0 Å². The average Bonchev–Trinajstić information content (AvgIpc) is 3.13. The zero-order valence-electron chi connectivity index (χ0n) is 15.4. The third-order valence-electron chi connectivity index (χ3n) is 4.51. The van der Waals surface area contributed by atoms with Crippen molar-refractivity contribution in [3.05, 3.63) is 60.2 Å². The van der Waals surface area contributed by atoms with Crippen LogP contribution in [0.5, 0.6) is 0 Å². The van der Waals surface area contributed by atoms with Crippen LogP contribution in [0.25, 0.3) is 0 Å². The number of hydrogen-bond donors (Lipinski definition) is 3. The summed E-state index contributed by atoms with van der Waals surface area (Å²) >= 11 is 0. The van der Waals surface area contributed by atoms with Gasteiger partial charge in [-0.3, -0.25) is 14.4 Å². The minimum absolute atomic E-state index is 0.0243. The van der Waals surface area contributed by atoms with Crippen molar-refractivity contribution in [2.75, 3.05) is 23.3 Å². The second kappa shape index (κ2) is 9.14. The molecule has 1 heterocycles. The fraction of sp³-hybridized carbons (Fsp3) is 0.286. The van der Waals surface area contributed by atoms with E-state index in [2.05, 4.69) is 10.6 Å². The Kier molecular flexibility index (Phi) is 6.39. The second-order valence-corrected chi connectivity index (χ2v) is 6.71. The normalized spacial score (nSPS) is 14.6. The SMILES string of the molecule is O=C(NCC(O)Cc1ccccc1)C(=O)Nc1cccc(N2CCCC2=O)c1. The van der Waals surface area contributed by atoms with Crippen LogP contribution in [0.15, 0.2) is 54.6 Å². The van der Waals surface area contributed by atoms with E-state index in [1.807, 2.05) is 30.3 Å². The predicted molar refractivity (Wildman–Crippen MR) is 106 cm³/mol. The van der Waals surface area contributed by atoms with Crippen LogP contribution in [0.4, 0.5) is 11.4 Å². The third kappa shape index (κ3) is 5.17. The van der Waals surface area contributed by atoms with Crippen LogP contribution in [0.2, 0.25) is 0 Å². The first-order valence-electron chi connectivity index (χ1n) is 9.24. The molecule has 0 aliphatic carbocycles. The summed E-state index contributed by atoms with van der Waals surface area (Å²) < 4.78 is 0. The van der Waals surface area contributed by atoms with Crippen LogP contribution in [0, 0.1) is 0 Å². The molecular weight excluding hydrogens is 358 g/mol. The third-order valence-corrected chi connectivity index (χ3v) is 4.51. The topological polar surface area (TPSA) is 98.7 Å². The number of rotatable bonds is 6. The number of carbonyl (C=O) groups excluding carboxylic acids is 3. The van der Waals surface area contributed by atoms with Crippen molar-refractivity contribution in [2.45, 2.75) is 25.4 Å². The molecule has 2 aromatic carbocycles. The number of aliphatic hydroxyl groups excluding tert-OH is 1. The van der Waals surface area contributed by atoms with Crippen molar-refractivity contribution >= 4 is 29.1 Å². The first kappa shape index (κ1) is 19.6. The number of aliphatic hydroxyl groups is 1. The summed E-state index contributed by atoms with van der Waals surface area (Å²) in [6, 6.07) is 16.2. The highest BCUT2D eigenvalue weighted by Gasteiger charge is 2.22. The largest absolute Gasteiger partial charge is 0.391 e. The van der Waals surface area contributed by atoms with Crippen LogP contribution in [0.3, 0.4) is 0 Å². The molecule has 1 unspecified atom stereocenters. The molecule has 2 aromatic rings. The Balaban J connectivity index is 1.50. The lowest BCUT2D eigenvalue weighted by Crippen LogP contribution is -2.40. The predicted octanol–water partition coefficient (Wildman–Crippen LogP) is 1.47. The molecule has 7 nitrogen and oxygen atoms in total. The van der Waals surface area contributed by atoms with Gasteiger partial charge in [0.2, 0.25) is 5.91 Å². The molecule has 1 atom stereocenters. The summed E-state index contributed by atoms with van der Waals surface area (Å²) in [5.74, 6) is -1.60. The van der Waals surface area contributed by atoms with E-state index in [0.29, 0.717) is 30.8 Å². The molecule has 0 aromatic heterocycles. The van der Waals surface area contributed by atoms with Crippen molar-refractivity contribution in [2.24, 2.45) is 0 Å². The van der Waals surface area contributed by atoms with Crippen molar-refractivity contribution in [3.63, 3.8) is 0 Å². The minimum atomic E-state index is -0.824. The number of carbonyl (C=O) groups is 3. The Morgan fingerprint density at radius 1 is 1.07 bits per heavy atom. The van der Waals surface area contributed by atoms with Gasteiger partial charge in [0.1, 0.15) is 0 Å². The molecule has 3 N–H and O–H groups in total. The summed E-state index contributed by atoms with van der Waals surface area (Å²) in [6.07, 6.45) is 0.922. The van der Waals surface area contributed by atoms with Crippen molar-refractivity contribution in [1.29, 1.82) is 0 Å². The molecule has 3 rings (SSSR count). The average molecular weight is 381 g/mol. The number of hydrogen-bond acceptors (Lipinski definition) is 4. The molecule has 3 amide bonds. The van der Waals surface area contributed by atoms with Crippen LogP contribution in [-0.4, -0.2) is 42.0 Å².